The van der Waals surface area contributed by atoms with E-state index in [1.807, 2.05) is 63.2 Å². The molecule has 2 aromatic carbocycles. The Morgan fingerprint density at radius 1 is 1.06 bits per heavy atom. The molecule has 0 saturated heterocycles. The zero-order chi connectivity index (χ0) is 23.6. The number of para-hydroxylation sites is 1. The molecule has 0 aliphatic heterocycles. The maximum atomic E-state index is 12.8. The topological polar surface area (TPSA) is 94.6 Å². The first-order valence-electron chi connectivity index (χ1n) is 10.6. The maximum Gasteiger partial charge on any atom is 0.326 e. The number of nitrogens with zero attached hydrogens (tertiary/aromatic N) is 3. The van der Waals surface area contributed by atoms with Crippen LogP contribution in [0, 0.1) is 0 Å². The van der Waals surface area contributed by atoms with Gasteiger partial charge in [0.1, 0.15) is 17.6 Å². The Bertz CT molecular complexity index is 1370. The molecule has 170 valence electrons. The lowest BCUT2D eigenvalue weighted by Crippen LogP contribution is -2.47. The Morgan fingerprint density at radius 2 is 1.76 bits per heavy atom. The molecule has 4 rings (SSSR count). The quantitative estimate of drug-likeness (QED) is 0.420. The van der Waals surface area contributed by atoms with E-state index in [4.69, 9.17) is 9.15 Å². The normalized spacial score (nSPS) is 11.6. The third kappa shape index (κ3) is 4.79. The maximum absolute atomic E-state index is 12.8. The molecule has 0 fully saturated rings. The Balaban J connectivity index is 1.44. The smallest absolute Gasteiger partial charge is 0.326 e. The molecular formula is C25H25N3O5. The second-order valence-corrected chi connectivity index (χ2v) is 8.75. The van der Waals surface area contributed by atoms with Crippen LogP contribution < -0.4 is 5.56 Å². The van der Waals surface area contributed by atoms with Gasteiger partial charge < -0.3 is 14.1 Å². The summed E-state index contributed by atoms with van der Waals surface area (Å²) in [6.45, 7) is 5.36. The number of furan rings is 1. The highest BCUT2D eigenvalue weighted by atomic mass is 16.5. The molecule has 2 heterocycles. The van der Waals surface area contributed by atoms with Crippen LogP contribution in [0.5, 0.6) is 0 Å². The van der Waals surface area contributed by atoms with E-state index in [0.717, 1.165) is 15.5 Å². The molecule has 0 aliphatic rings. The van der Waals surface area contributed by atoms with Gasteiger partial charge in [-0.3, -0.25) is 19.0 Å². The van der Waals surface area contributed by atoms with E-state index < -0.39 is 23.7 Å². The first-order chi connectivity index (χ1) is 15.7. The van der Waals surface area contributed by atoms with Gasteiger partial charge in [-0.2, -0.15) is 0 Å². The molecule has 0 bridgehead atoms. The van der Waals surface area contributed by atoms with E-state index in [9.17, 15) is 14.4 Å². The predicted molar refractivity (Wildman–Crippen MR) is 123 cm³/mol. The van der Waals surface area contributed by atoms with Crippen LogP contribution in [0.1, 0.15) is 26.3 Å². The summed E-state index contributed by atoms with van der Waals surface area (Å²) >= 11 is 0. The minimum Gasteiger partial charge on any atom is -0.454 e. The van der Waals surface area contributed by atoms with E-state index in [-0.39, 0.29) is 18.0 Å². The Morgan fingerprint density at radius 3 is 2.48 bits per heavy atom. The highest BCUT2D eigenvalue weighted by Gasteiger charge is 2.27. The molecule has 4 aromatic rings. The molecule has 0 unspecified atom stereocenters. The van der Waals surface area contributed by atoms with Crippen molar-refractivity contribution in [3.05, 3.63) is 76.8 Å². The van der Waals surface area contributed by atoms with Crippen molar-refractivity contribution in [2.45, 2.75) is 39.4 Å². The van der Waals surface area contributed by atoms with Crippen LogP contribution in [0.2, 0.25) is 0 Å². The summed E-state index contributed by atoms with van der Waals surface area (Å²) in [6, 6.07) is 16.8. The Labute approximate surface area is 190 Å². The molecule has 0 spiro atoms. The number of aromatic nitrogens is 2. The number of amides is 1. The number of carbonyl (C=O) groups excluding carboxylic acids is 2. The van der Waals surface area contributed by atoms with Crippen molar-refractivity contribution < 1.29 is 18.7 Å². The molecule has 0 aliphatic carbocycles. The largest absolute Gasteiger partial charge is 0.454 e. The SMILES string of the molecule is CC(C)(C)N(Cc1ccccc1)C(=O)COC(=O)Cn1cnc2c(oc3ccccc32)c1=O. The van der Waals surface area contributed by atoms with Gasteiger partial charge in [0.05, 0.1) is 6.33 Å². The van der Waals surface area contributed by atoms with E-state index in [0.29, 0.717) is 17.6 Å². The lowest BCUT2D eigenvalue weighted by Gasteiger charge is -2.35. The number of ether oxygens (including phenoxy) is 1. The number of hydrogen-bond acceptors (Lipinski definition) is 6. The summed E-state index contributed by atoms with van der Waals surface area (Å²) in [5.41, 5.74) is 1.08. The fraction of sp³-hybridized carbons (Fsp3) is 0.280. The summed E-state index contributed by atoms with van der Waals surface area (Å²) in [4.78, 5) is 43.9. The van der Waals surface area contributed by atoms with Crippen molar-refractivity contribution in [1.29, 1.82) is 0 Å². The van der Waals surface area contributed by atoms with Crippen molar-refractivity contribution >= 4 is 33.9 Å². The van der Waals surface area contributed by atoms with Gasteiger partial charge in [0.2, 0.25) is 5.58 Å². The Kier molecular flexibility index (Phi) is 6.00. The second-order valence-electron chi connectivity index (χ2n) is 8.75. The monoisotopic (exact) mass is 447 g/mol. The van der Waals surface area contributed by atoms with Gasteiger partial charge >= 0.3 is 5.97 Å². The number of esters is 1. The van der Waals surface area contributed by atoms with E-state index >= 15 is 0 Å². The van der Waals surface area contributed by atoms with Crippen molar-refractivity contribution in [3.63, 3.8) is 0 Å². The fourth-order valence-electron chi connectivity index (χ4n) is 3.60. The molecule has 33 heavy (non-hydrogen) atoms. The number of carbonyl (C=O) groups is 2. The zero-order valence-corrected chi connectivity index (χ0v) is 18.8. The summed E-state index contributed by atoms with van der Waals surface area (Å²) in [5, 5.41) is 0.727. The molecule has 8 heteroatoms. The van der Waals surface area contributed by atoms with Crippen LogP contribution in [-0.4, -0.2) is 38.5 Å². The standard InChI is InChI=1S/C25H25N3O5/c1-25(2,3)28(13-17-9-5-4-6-10-17)20(29)15-32-21(30)14-27-16-26-22-18-11-7-8-12-19(18)33-23(22)24(27)31/h4-12,16H,13-15H2,1-3H3. The van der Waals surface area contributed by atoms with Crippen LogP contribution in [0.3, 0.4) is 0 Å². The summed E-state index contributed by atoms with van der Waals surface area (Å²) < 4.78 is 11.9. The van der Waals surface area contributed by atoms with Crippen LogP contribution >= 0.6 is 0 Å². The zero-order valence-electron chi connectivity index (χ0n) is 18.8. The highest BCUT2D eigenvalue weighted by Crippen LogP contribution is 2.24. The summed E-state index contributed by atoms with van der Waals surface area (Å²) in [5.74, 6) is -1.03. The Hall–Kier alpha value is -3.94. The molecular weight excluding hydrogens is 422 g/mol. The first kappa shape index (κ1) is 22.3. The van der Waals surface area contributed by atoms with Gasteiger partial charge in [-0.15, -0.1) is 0 Å². The van der Waals surface area contributed by atoms with Gasteiger partial charge in [0.25, 0.3) is 11.5 Å². The van der Waals surface area contributed by atoms with E-state index in [1.165, 1.54) is 6.33 Å². The van der Waals surface area contributed by atoms with Crippen LogP contribution in [0.15, 0.2) is 70.1 Å². The van der Waals surface area contributed by atoms with E-state index in [1.54, 1.807) is 17.0 Å². The van der Waals surface area contributed by atoms with E-state index in [2.05, 4.69) is 4.98 Å². The van der Waals surface area contributed by atoms with Crippen molar-refractivity contribution in [2.24, 2.45) is 0 Å². The lowest BCUT2D eigenvalue weighted by atomic mass is 10.0. The van der Waals surface area contributed by atoms with Gasteiger partial charge in [0.15, 0.2) is 6.61 Å². The average Bonchev–Trinajstić information content (AvgIpc) is 3.17. The summed E-state index contributed by atoms with van der Waals surface area (Å²) in [7, 11) is 0. The van der Waals surface area contributed by atoms with Gasteiger partial charge in [-0.1, -0.05) is 42.5 Å². The number of rotatable bonds is 6. The molecule has 0 atom stereocenters. The minimum atomic E-state index is -0.712. The van der Waals surface area contributed by atoms with Crippen LogP contribution in [0.25, 0.3) is 22.1 Å². The molecule has 1 amide bonds. The minimum absolute atomic E-state index is 0.0735. The van der Waals surface area contributed by atoms with Gasteiger partial charge in [-0.25, -0.2) is 4.98 Å². The second kappa shape index (κ2) is 8.90. The lowest BCUT2D eigenvalue weighted by molar-refractivity contribution is -0.155. The number of benzene rings is 2. The van der Waals surface area contributed by atoms with Crippen LogP contribution in [-0.2, 0) is 27.4 Å². The van der Waals surface area contributed by atoms with Gasteiger partial charge in [0, 0.05) is 17.5 Å². The number of hydrogen-bond donors (Lipinski definition) is 0. The fourth-order valence-corrected chi connectivity index (χ4v) is 3.60. The average molecular weight is 447 g/mol. The third-order valence-electron chi connectivity index (χ3n) is 5.30. The molecule has 0 N–H and O–H groups in total. The number of fused-ring (bicyclic) bond motifs is 3. The third-order valence-corrected chi connectivity index (χ3v) is 5.30. The van der Waals surface area contributed by atoms with Crippen molar-refractivity contribution in [3.8, 4) is 0 Å². The molecule has 2 aromatic heterocycles. The van der Waals surface area contributed by atoms with Crippen molar-refractivity contribution in [2.75, 3.05) is 6.61 Å². The molecule has 8 nitrogen and oxygen atoms in total. The molecule has 0 saturated carbocycles. The highest BCUT2D eigenvalue weighted by molar-refractivity contribution is 6.01. The van der Waals surface area contributed by atoms with Crippen LogP contribution in [0.4, 0.5) is 0 Å². The molecule has 0 radical (unpaired) electrons. The first-order valence-corrected chi connectivity index (χ1v) is 10.6. The van der Waals surface area contributed by atoms with Crippen molar-refractivity contribution in [1.82, 2.24) is 14.5 Å². The predicted octanol–water partition coefficient (Wildman–Crippen LogP) is 3.51. The summed E-state index contributed by atoms with van der Waals surface area (Å²) in [6.07, 6.45) is 1.28. The van der Waals surface area contributed by atoms with Gasteiger partial charge in [-0.05, 0) is 38.5 Å².